The van der Waals surface area contributed by atoms with Crippen molar-refractivity contribution in [3.05, 3.63) is 72.3 Å². The van der Waals surface area contributed by atoms with Crippen LogP contribution in [0.1, 0.15) is 10.4 Å². The van der Waals surface area contributed by atoms with Crippen LogP contribution in [0.25, 0.3) is 10.2 Å². The fourth-order valence-corrected chi connectivity index (χ4v) is 3.85. The summed E-state index contributed by atoms with van der Waals surface area (Å²) in [5.74, 6) is -0.0353. The standard InChI is InChI=1S/C20H17FN4O2S/c1-27-16-6-7-17-18(13-16)28-20(23-17)25(11-10-24-9-3-8-22-24)19(26)14-4-2-5-15(21)12-14/h2-9,12-13H,10-11H2,1H3. The van der Waals surface area contributed by atoms with E-state index in [0.717, 1.165) is 16.0 Å². The first kappa shape index (κ1) is 18.1. The predicted molar refractivity (Wildman–Crippen MR) is 106 cm³/mol. The molecule has 0 aliphatic rings. The zero-order valence-electron chi connectivity index (χ0n) is 15.1. The highest BCUT2D eigenvalue weighted by atomic mass is 32.1. The monoisotopic (exact) mass is 396 g/mol. The lowest BCUT2D eigenvalue weighted by molar-refractivity contribution is 0.0985. The van der Waals surface area contributed by atoms with Crippen LogP contribution in [0.2, 0.25) is 0 Å². The molecule has 2 heterocycles. The molecule has 0 fully saturated rings. The van der Waals surface area contributed by atoms with Gasteiger partial charge < -0.3 is 4.74 Å². The van der Waals surface area contributed by atoms with Crippen molar-refractivity contribution < 1.29 is 13.9 Å². The van der Waals surface area contributed by atoms with Crippen molar-refractivity contribution in [3.63, 3.8) is 0 Å². The molecular formula is C20H17FN4O2S. The van der Waals surface area contributed by atoms with E-state index in [1.165, 1.54) is 29.5 Å². The van der Waals surface area contributed by atoms with Gasteiger partial charge in [0.15, 0.2) is 5.13 Å². The van der Waals surface area contributed by atoms with Gasteiger partial charge in [-0.25, -0.2) is 9.37 Å². The number of ether oxygens (including phenoxy) is 1. The molecular weight excluding hydrogens is 379 g/mol. The summed E-state index contributed by atoms with van der Waals surface area (Å²) < 4.78 is 21.6. The van der Waals surface area contributed by atoms with Crippen LogP contribution in [0.4, 0.5) is 9.52 Å². The third-order valence-corrected chi connectivity index (χ3v) is 5.28. The van der Waals surface area contributed by atoms with E-state index in [1.807, 2.05) is 30.5 Å². The van der Waals surface area contributed by atoms with Gasteiger partial charge in [0.2, 0.25) is 0 Å². The third kappa shape index (κ3) is 3.72. The molecule has 0 N–H and O–H groups in total. The number of carbonyl (C=O) groups excluding carboxylic acids is 1. The Kier molecular flexibility index (Phi) is 5.03. The van der Waals surface area contributed by atoms with Gasteiger partial charge in [-0.3, -0.25) is 14.4 Å². The maximum Gasteiger partial charge on any atom is 0.260 e. The molecule has 0 atom stereocenters. The Balaban J connectivity index is 1.70. The van der Waals surface area contributed by atoms with Crippen molar-refractivity contribution >= 4 is 32.6 Å². The first-order valence-corrected chi connectivity index (χ1v) is 9.45. The SMILES string of the molecule is COc1ccc2nc(N(CCn3cccn3)C(=O)c3cccc(F)c3)sc2c1. The summed E-state index contributed by atoms with van der Waals surface area (Å²) >= 11 is 1.39. The van der Waals surface area contributed by atoms with Gasteiger partial charge in [0, 0.05) is 24.5 Å². The number of hydrogen-bond donors (Lipinski definition) is 0. The molecule has 1 amide bonds. The predicted octanol–water partition coefficient (Wildman–Crippen LogP) is 3.99. The number of thiazole rings is 1. The average molecular weight is 396 g/mol. The number of aromatic nitrogens is 3. The second kappa shape index (κ2) is 7.77. The summed E-state index contributed by atoms with van der Waals surface area (Å²) in [4.78, 5) is 19.3. The lowest BCUT2D eigenvalue weighted by atomic mass is 10.2. The largest absolute Gasteiger partial charge is 0.497 e. The lowest BCUT2D eigenvalue weighted by Crippen LogP contribution is -2.34. The van der Waals surface area contributed by atoms with E-state index in [4.69, 9.17) is 4.74 Å². The van der Waals surface area contributed by atoms with E-state index >= 15 is 0 Å². The minimum Gasteiger partial charge on any atom is -0.497 e. The van der Waals surface area contributed by atoms with Crippen LogP contribution in [0, 0.1) is 5.82 Å². The van der Waals surface area contributed by atoms with Crippen LogP contribution in [0.3, 0.4) is 0 Å². The molecule has 4 rings (SSSR count). The molecule has 0 unspecified atom stereocenters. The van der Waals surface area contributed by atoms with E-state index in [0.29, 0.717) is 18.2 Å². The second-order valence-electron chi connectivity index (χ2n) is 6.07. The van der Waals surface area contributed by atoms with Gasteiger partial charge >= 0.3 is 0 Å². The van der Waals surface area contributed by atoms with Gasteiger partial charge in [0.05, 0.1) is 23.9 Å². The highest BCUT2D eigenvalue weighted by Crippen LogP contribution is 2.32. The summed E-state index contributed by atoms with van der Waals surface area (Å²) in [5.41, 5.74) is 1.05. The minimum atomic E-state index is -0.452. The number of carbonyl (C=O) groups is 1. The topological polar surface area (TPSA) is 60.2 Å². The number of halogens is 1. The van der Waals surface area contributed by atoms with Crippen molar-refractivity contribution in [2.75, 3.05) is 18.6 Å². The summed E-state index contributed by atoms with van der Waals surface area (Å²) in [6.07, 6.45) is 3.51. The fraction of sp³-hybridized carbons (Fsp3) is 0.150. The molecule has 0 saturated heterocycles. The molecule has 6 nitrogen and oxygen atoms in total. The van der Waals surface area contributed by atoms with Crippen LogP contribution in [-0.2, 0) is 6.54 Å². The van der Waals surface area contributed by atoms with Crippen molar-refractivity contribution in [2.24, 2.45) is 0 Å². The molecule has 0 spiro atoms. The Morgan fingerprint density at radius 1 is 1.25 bits per heavy atom. The molecule has 28 heavy (non-hydrogen) atoms. The molecule has 4 aromatic rings. The Bertz CT molecular complexity index is 1110. The summed E-state index contributed by atoms with van der Waals surface area (Å²) in [5, 5.41) is 4.72. The molecule has 0 bridgehead atoms. The van der Waals surface area contributed by atoms with Gasteiger partial charge in [0.25, 0.3) is 5.91 Å². The van der Waals surface area contributed by atoms with Crippen LogP contribution in [0.15, 0.2) is 60.9 Å². The van der Waals surface area contributed by atoms with Crippen molar-refractivity contribution in [1.29, 1.82) is 0 Å². The summed E-state index contributed by atoms with van der Waals surface area (Å²) in [6, 6.07) is 13.1. The van der Waals surface area contributed by atoms with Crippen LogP contribution in [-0.4, -0.2) is 34.3 Å². The van der Waals surface area contributed by atoms with E-state index in [-0.39, 0.29) is 11.5 Å². The molecule has 8 heteroatoms. The molecule has 0 saturated carbocycles. The Morgan fingerprint density at radius 3 is 2.89 bits per heavy atom. The average Bonchev–Trinajstić information content (AvgIpc) is 3.37. The summed E-state index contributed by atoms with van der Waals surface area (Å²) in [7, 11) is 1.60. The zero-order chi connectivity index (χ0) is 19.5. The number of benzene rings is 2. The van der Waals surface area contributed by atoms with Gasteiger partial charge in [-0.1, -0.05) is 17.4 Å². The third-order valence-electron chi connectivity index (χ3n) is 4.24. The first-order valence-electron chi connectivity index (χ1n) is 8.63. The Labute approximate surface area is 164 Å². The van der Waals surface area contributed by atoms with Crippen molar-refractivity contribution in [2.45, 2.75) is 6.54 Å². The maximum atomic E-state index is 13.6. The molecule has 2 aromatic carbocycles. The normalized spacial score (nSPS) is 10.9. The summed E-state index contributed by atoms with van der Waals surface area (Å²) in [6.45, 7) is 0.848. The van der Waals surface area contributed by atoms with Crippen LogP contribution >= 0.6 is 11.3 Å². The fourth-order valence-electron chi connectivity index (χ4n) is 2.83. The highest BCUT2D eigenvalue weighted by Gasteiger charge is 2.22. The smallest absolute Gasteiger partial charge is 0.260 e. The minimum absolute atomic E-state index is 0.275. The maximum absolute atomic E-state index is 13.6. The molecule has 0 radical (unpaired) electrons. The van der Waals surface area contributed by atoms with Crippen molar-refractivity contribution in [3.8, 4) is 5.75 Å². The van der Waals surface area contributed by atoms with Gasteiger partial charge in [-0.05, 0) is 42.5 Å². The first-order chi connectivity index (χ1) is 13.6. The van der Waals surface area contributed by atoms with E-state index < -0.39 is 5.82 Å². The number of hydrogen-bond acceptors (Lipinski definition) is 5. The number of methoxy groups -OCH3 is 1. The number of anilines is 1. The number of amides is 1. The Hall–Kier alpha value is -3.26. The second-order valence-corrected chi connectivity index (χ2v) is 7.08. The molecule has 0 aliphatic carbocycles. The van der Waals surface area contributed by atoms with Crippen LogP contribution in [0.5, 0.6) is 5.75 Å². The van der Waals surface area contributed by atoms with Crippen molar-refractivity contribution in [1.82, 2.24) is 14.8 Å². The van der Waals surface area contributed by atoms with Gasteiger partial charge in [0.1, 0.15) is 11.6 Å². The lowest BCUT2D eigenvalue weighted by Gasteiger charge is -2.20. The van der Waals surface area contributed by atoms with E-state index in [2.05, 4.69) is 10.1 Å². The van der Waals surface area contributed by atoms with E-state index in [1.54, 1.807) is 29.0 Å². The number of nitrogens with zero attached hydrogens (tertiary/aromatic N) is 4. The Morgan fingerprint density at radius 2 is 2.14 bits per heavy atom. The van der Waals surface area contributed by atoms with Gasteiger partial charge in [-0.2, -0.15) is 5.10 Å². The highest BCUT2D eigenvalue weighted by molar-refractivity contribution is 7.22. The molecule has 2 aromatic heterocycles. The number of rotatable bonds is 6. The molecule has 142 valence electrons. The van der Waals surface area contributed by atoms with Gasteiger partial charge in [-0.15, -0.1) is 0 Å². The molecule has 0 aliphatic heterocycles. The zero-order valence-corrected chi connectivity index (χ0v) is 15.9. The quantitative estimate of drug-likeness (QED) is 0.495. The van der Waals surface area contributed by atoms with Crippen LogP contribution < -0.4 is 9.64 Å². The number of fused-ring (bicyclic) bond motifs is 1. The van der Waals surface area contributed by atoms with E-state index in [9.17, 15) is 9.18 Å².